The molecule has 0 aliphatic carbocycles. The second-order valence-electron chi connectivity index (χ2n) is 5.82. The fraction of sp³-hybridized carbons (Fsp3) is 0.438. The fourth-order valence-corrected chi connectivity index (χ4v) is 2.69. The lowest BCUT2D eigenvalue weighted by atomic mass is 9.91. The normalized spacial score (nSPS) is 19.0. The van der Waals surface area contributed by atoms with Gasteiger partial charge in [0.2, 0.25) is 5.89 Å². The molecule has 1 aromatic carbocycles. The second kappa shape index (κ2) is 5.98. The van der Waals surface area contributed by atoms with Gasteiger partial charge in [-0.1, -0.05) is 18.2 Å². The molecule has 1 aromatic heterocycles. The summed E-state index contributed by atoms with van der Waals surface area (Å²) in [6.45, 7) is 0.747. The number of nitrogens with zero attached hydrogens (tertiary/aromatic N) is 2. The summed E-state index contributed by atoms with van der Waals surface area (Å²) in [5.41, 5.74) is -1.05. The largest absolute Gasteiger partial charge is 0.444 e. The summed E-state index contributed by atoms with van der Waals surface area (Å²) in [6.07, 6.45) is -3.69. The van der Waals surface area contributed by atoms with E-state index in [2.05, 4.69) is 4.98 Å². The first kappa shape index (κ1) is 16.0. The van der Waals surface area contributed by atoms with Crippen LogP contribution in [0, 0.1) is 0 Å². The van der Waals surface area contributed by atoms with E-state index in [1.54, 1.807) is 0 Å². The molecule has 7 heteroatoms. The molecule has 1 saturated heterocycles. The molecule has 0 atom stereocenters. The van der Waals surface area contributed by atoms with Crippen molar-refractivity contribution in [3.05, 3.63) is 42.3 Å². The van der Waals surface area contributed by atoms with E-state index in [0.717, 1.165) is 5.56 Å². The SMILES string of the molecule is OC1(C(F)(F)F)CCN(Cc2coc(-c3ccccc3)n2)CC1. The zero-order valence-corrected chi connectivity index (χ0v) is 12.4. The Bertz CT molecular complexity index is 647. The summed E-state index contributed by atoms with van der Waals surface area (Å²) in [4.78, 5) is 6.21. The third kappa shape index (κ3) is 3.40. The summed E-state index contributed by atoms with van der Waals surface area (Å²) in [5.74, 6) is 0.490. The summed E-state index contributed by atoms with van der Waals surface area (Å²) in [7, 11) is 0. The molecule has 124 valence electrons. The second-order valence-corrected chi connectivity index (χ2v) is 5.82. The Kier molecular flexibility index (Phi) is 4.16. The Labute approximate surface area is 131 Å². The van der Waals surface area contributed by atoms with Gasteiger partial charge in [-0.25, -0.2) is 4.98 Å². The molecule has 0 bridgehead atoms. The highest BCUT2D eigenvalue weighted by molar-refractivity contribution is 5.52. The van der Waals surface area contributed by atoms with Crippen LogP contribution in [0.1, 0.15) is 18.5 Å². The lowest BCUT2D eigenvalue weighted by molar-refractivity contribution is -0.272. The summed E-state index contributed by atoms with van der Waals surface area (Å²) in [5, 5.41) is 9.66. The number of aromatic nitrogens is 1. The molecule has 1 N–H and O–H groups in total. The van der Waals surface area contributed by atoms with Gasteiger partial charge in [-0.15, -0.1) is 0 Å². The molecule has 2 aromatic rings. The van der Waals surface area contributed by atoms with Gasteiger partial charge in [0.25, 0.3) is 0 Å². The number of hydrogen-bond acceptors (Lipinski definition) is 4. The number of piperidine rings is 1. The molecule has 23 heavy (non-hydrogen) atoms. The van der Waals surface area contributed by atoms with Gasteiger partial charge in [0.05, 0.1) is 5.69 Å². The number of halogens is 3. The Morgan fingerprint density at radius 3 is 2.43 bits per heavy atom. The van der Waals surface area contributed by atoms with E-state index in [1.165, 1.54) is 6.26 Å². The van der Waals surface area contributed by atoms with E-state index >= 15 is 0 Å². The molecule has 3 rings (SSSR count). The Morgan fingerprint density at radius 2 is 1.83 bits per heavy atom. The topological polar surface area (TPSA) is 49.5 Å². The van der Waals surface area contributed by atoms with E-state index in [0.29, 0.717) is 18.1 Å². The maximum absolute atomic E-state index is 12.8. The van der Waals surface area contributed by atoms with Crippen molar-refractivity contribution in [2.45, 2.75) is 31.2 Å². The average molecular weight is 326 g/mol. The third-order valence-electron chi connectivity index (χ3n) is 4.17. The number of aliphatic hydroxyl groups is 1. The lowest BCUT2D eigenvalue weighted by Crippen LogP contribution is -2.53. The Balaban J connectivity index is 1.61. The number of benzene rings is 1. The molecule has 4 nitrogen and oxygen atoms in total. The first-order chi connectivity index (χ1) is 10.9. The lowest BCUT2D eigenvalue weighted by Gasteiger charge is -2.38. The minimum atomic E-state index is -4.58. The van der Waals surface area contributed by atoms with Crippen molar-refractivity contribution in [2.75, 3.05) is 13.1 Å². The highest BCUT2D eigenvalue weighted by Gasteiger charge is 2.54. The molecule has 0 radical (unpaired) electrons. The van der Waals surface area contributed by atoms with Crippen LogP contribution in [-0.4, -0.2) is 39.9 Å². The standard InChI is InChI=1S/C16H17F3N2O2/c17-16(18,19)15(22)6-8-21(9-7-15)10-13-11-23-14(20-13)12-4-2-1-3-5-12/h1-5,11,22H,6-10H2. The Morgan fingerprint density at radius 1 is 1.17 bits per heavy atom. The average Bonchev–Trinajstić information content (AvgIpc) is 2.98. The number of oxazole rings is 1. The van der Waals surface area contributed by atoms with Crippen molar-refractivity contribution < 1.29 is 22.7 Å². The van der Waals surface area contributed by atoms with E-state index < -0.39 is 11.8 Å². The van der Waals surface area contributed by atoms with Gasteiger partial charge < -0.3 is 9.52 Å². The number of rotatable bonds is 3. The van der Waals surface area contributed by atoms with Crippen molar-refractivity contribution in [3.63, 3.8) is 0 Å². The van der Waals surface area contributed by atoms with E-state index in [9.17, 15) is 18.3 Å². The minimum Gasteiger partial charge on any atom is -0.444 e. The molecular formula is C16H17F3N2O2. The van der Waals surface area contributed by atoms with E-state index in [1.807, 2.05) is 35.2 Å². The molecule has 0 amide bonds. The summed E-state index contributed by atoms with van der Waals surface area (Å²) < 4.78 is 43.7. The summed E-state index contributed by atoms with van der Waals surface area (Å²) >= 11 is 0. The van der Waals surface area contributed by atoms with Crippen molar-refractivity contribution in [3.8, 4) is 11.5 Å². The molecule has 2 heterocycles. The van der Waals surface area contributed by atoms with Crippen LogP contribution in [0.5, 0.6) is 0 Å². The smallest absolute Gasteiger partial charge is 0.417 e. The highest BCUT2D eigenvalue weighted by Crippen LogP contribution is 2.38. The van der Waals surface area contributed by atoms with E-state index in [-0.39, 0.29) is 25.9 Å². The van der Waals surface area contributed by atoms with Crippen molar-refractivity contribution in [1.29, 1.82) is 0 Å². The van der Waals surface area contributed by atoms with Gasteiger partial charge in [-0.05, 0) is 25.0 Å². The van der Waals surface area contributed by atoms with Crippen molar-refractivity contribution in [1.82, 2.24) is 9.88 Å². The molecule has 0 spiro atoms. The van der Waals surface area contributed by atoms with Gasteiger partial charge in [0.15, 0.2) is 5.60 Å². The van der Waals surface area contributed by atoms with Crippen LogP contribution < -0.4 is 0 Å². The molecule has 0 unspecified atom stereocenters. The molecular weight excluding hydrogens is 309 g/mol. The maximum atomic E-state index is 12.8. The van der Waals surface area contributed by atoms with Crippen LogP contribution in [0.4, 0.5) is 13.2 Å². The monoisotopic (exact) mass is 326 g/mol. The predicted molar refractivity (Wildman–Crippen MR) is 77.5 cm³/mol. The van der Waals surface area contributed by atoms with Crippen molar-refractivity contribution >= 4 is 0 Å². The number of hydrogen-bond donors (Lipinski definition) is 1. The first-order valence-corrected chi connectivity index (χ1v) is 7.39. The fourth-order valence-electron chi connectivity index (χ4n) is 2.69. The molecule has 0 saturated carbocycles. The quantitative estimate of drug-likeness (QED) is 0.941. The highest BCUT2D eigenvalue weighted by atomic mass is 19.4. The number of alkyl halides is 3. The Hall–Kier alpha value is -1.86. The van der Waals surface area contributed by atoms with E-state index in [4.69, 9.17) is 4.42 Å². The zero-order valence-electron chi connectivity index (χ0n) is 12.4. The summed E-state index contributed by atoms with van der Waals surface area (Å²) in [6, 6.07) is 9.40. The zero-order chi connectivity index (χ0) is 16.5. The van der Waals surface area contributed by atoms with Crippen LogP contribution in [0.3, 0.4) is 0 Å². The van der Waals surface area contributed by atoms with Gasteiger partial charge in [-0.3, -0.25) is 4.90 Å². The van der Waals surface area contributed by atoms with Crippen LogP contribution in [-0.2, 0) is 6.54 Å². The minimum absolute atomic E-state index is 0.170. The molecule has 1 aliphatic heterocycles. The van der Waals surface area contributed by atoms with Gasteiger partial charge in [0, 0.05) is 25.2 Å². The van der Waals surface area contributed by atoms with Gasteiger partial charge in [0.1, 0.15) is 6.26 Å². The van der Waals surface area contributed by atoms with Crippen LogP contribution in [0.25, 0.3) is 11.5 Å². The van der Waals surface area contributed by atoms with Crippen LogP contribution in [0.15, 0.2) is 41.0 Å². The van der Waals surface area contributed by atoms with Crippen molar-refractivity contribution in [2.24, 2.45) is 0 Å². The third-order valence-corrected chi connectivity index (χ3v) is 4.17. The van der Waals surface area contributed by atoms with Gasteiger partial charge in [-0.2, -0.15) is 13.2 Å². The maximum Gasteiger partial charge on any atom is 0.417 e. The van der Waals surface area contributed by atoms with Gasteiger partial charge >= 0.3 is 6.18 Å². The number of likely N-dealkylation sites (tertiary alicyclic amines) is 1. The molecule has 1 aliphatic rings. The molecule has 1 fully saturated rings. The van der Waals surface area contributed by atoms with Crippen LogP contribution >= 0.6 is 0 Å². The first-order valence-electron chi connectivity index (χ1n) is 7.39. The predicted octanol–water partition coefficient (Wildman–Crippen LogP) is 3.23. The van der Waals surface area contributed by atoms with Crippen LogP contribution in [0.2, 0.25) is 0 Å².